The average molecular weight is 400 g/mol. The van der Waals surface area contributed by atoms with Crippen LogP contribution >= 0.6 is 0 Å². The van der Waals surface area contributed by atoms with Crippen LogP contribution in [0.3, 0.4) is 0 Å². The molecule has 1 aromatic heterocycles. The van der Waals surface area contributed by atoms with Gasteiger partial charge in [0.1, 0.15) is 30.1 Å². The Kier molecular flexibility index (Phi) is 4.82. The molecule has 0 amide bonds. The molecule has 3 heterocycles. The van der Waals surface area contributed by atoms with Gasteiger partial charge in [-0.05, 0) is 23.8 Å². The maximum atomic E-state index is 13.6. The molecule has 4 rings (SSSR count). The molecule has 0 atom stereocenters. The maximum Gasteiger partial charge on any atom is 0.257 e. The summed E-state index contributed by atoms with van der Waals surface area (Å²) in [5.41, 5.74) is 8.78. The van der Waals surface area contributed by atoms with Gasteiger partial charge in [-0.2, -0.15) is 10.4 Å². The van der Waals surface area contributed by atoms with Crippen molar-refractivity contribution in [3.05, 3.63) is 71.3 Å². The van der Waals surface area contributed by atoms with Crippen molar-refractivity contribution in [1.82, 2.24) is 25.2 Å². The normalized spacial score (nSPS) is 15.0. The van der Waals surface area contributed by atoms with Crippen molar-refractivity contribution in [2.45, 2.75) is 19.5 Å². The largest absolute Gasteiger partial charge is 0.303 e. The van der Waals surface area contributed by atoms with Crippen molar-refractivity contribution in [3.8, 4) is 6.07 Å². The van der Waals surface area contributed by atoms with Gasteiger partial charge in [0.05, 0.1) is 42.5 Å². The van der Waals surface area contributed by atoms with Gasteiger partial charge in [0.15, 0.2) is 0 Å². The fraction of sp³-hybridized carbons (Fsp3) is 0.167. The molecule has 0 aliphatic carbocycles. The van der Waals surface area contributed by atoms with Gasteiger partial charge >= 0.3 is 0 Å². The number of nitrogens with one attached hydrogen (secondary N) is 2. The molecule has 1 aromatic carbocycles. The second-order valence-electron chi connectivity index (χ2n) is 6.28. The quantitative estimate of drug-likeness (QED) is 0.775. The summed E-state index contributed by atoms with van der Waals surface area (Å²) in [5.74, 6) is -0.425. The highest BCUT2D eigenvalue weighted by molar-refractivity contribution is 5.66. The first kappa shape index (κ1) is 18.4. The van der Waals surface area contributed by atoms with E-state index in [1.807, 2.05) is 0 Å². The van der Waals surface area contributed by atoms with E-state index in [0.29, 0.717) is 28.2 Å². The molecule has 0 unspecified atom stereocenters. The number of aromatic nitrogens is 2. The number of nitriles is 1. The van der Waals surface area contributed by atoms with Crippen LogP contribution in [-0.4, -0.2) is 32.6 Å². The molecular formula is C18H15F3N8. The highest BCUT2D eigenvalue weighted by atomic mass is 19.3. The minimum Gasteiger partial charge on any atom is -0.303 e. The van der Waals surface area contributed by atoms with Crippen LogP contribution in [0, 0.1) is 17.1 Å². The number of fused-ring (bicyclic) bond motifs is 1. The standard InChI is InChI=1S/C18H15F3N8/c19-14-2-1-12(4-22)13(3-14)7-29-17-9-28(11-23-16(17)6-25-29)26-15-5-24-27(8-15)10-18(20)21/h1-3,5-6,8-9,11,18,25-26H,7,10H2. The van der Waals surface area contributed by atoms with Crippen molar-refractivity contribution < 1.29 is 13.2 Å². The summed E-state index contributed by atoms with van der Waals surface area (Å²) in [5, 5.41) is 16.4. The molecule has 2 aliphatic heterocycles. The summed E-state index contributed by atoms with van der Waals surface area (Å²) in [6, 6.07) is 6.05. The highest BCUT2D eigenvalue weighted by Gasteiger charge is 2.24. The minimum atomic E-state index is -2.49. The van der Waals surface area contributed by atoms with E-state index >= 15 is 0 Å². The van der Waals surface area contributed by atoms with Crippen LogP contribution < -0.4 is 10.9 Å². The molecule has 2 aliphatic rings. The Morgan fingerprint density at radius 1 is 1.31 bits per heavy atom. The Hall–Kier alpha value is -3.94. The van der Waals surface area contributed by atoms with Crippen LogP contribution in [-0.2, 0) is 13.1 Å². The zero-order valence-corrected chi connectivity index (χ0v) is 14.9. The van der Waals surface area contributed by atoms with Gasteiger partial charge in [0, 0.05) is 6.20 Å². The van der Waals surface area contributed by atoms with Gasteiger partial charge in [0.25, 0.3) is 6.43 Å². The van der Waals surface area contributed by atoms with Crippen LogP contribution in [0.2, 0.25) is 0 Å². The third kappa shape index (κ3) is 4.01. The first-order valence-electron chi connectivity index (χ1n) is 8.56. The van der Waals surface area contributed by atoms with Crippen molar-refractivity contribution in [3.63, 3.8) is 0 Å². The summed E-state index contributed by atoms with van der Waals surface area (Å²) in [6.07, 6.45) is 5.33. The molecule has 29 heavy (non-hydrogen) atoms. The summed E-state index contributed by atoms with van der Waals surface area (Å²) in [7, 11) is 0. The Bertz CT molecular complexity index is 1050. The highest BCUT2D eigenvalue weighted by Crippen LogP contribution is 2.26. The Morgan fingerprint density at radius 3 is 2.97 bits per heavy atom. The van der Waals surface area contributed by atoms with Gasteiger partial charge in [-0.3, -0.25) is 15.1 Å². The smallest absolute Gasteiger partial charge is 0.257 e. The lowest BCUT2D eigenvalue weighted by atomic mass is 10.1. The molecule has 0 radical (unpaired) electrons. The molecule has 0 saturated heterocycles. The van der Waals surface area contributed by atoms with E-state index < -0.39 is 18.8 Å². The van der Waals surface area contributed by atoms with Crippen molar-refractivity contribution >= 4 is 12.0 Å². The van der Waals surface area contributed by atoms with Crippen LogP contribution in [0.25, 0.3) is 0 Å². The Balaban J connectivity index is 1.49. The zero-order chi connectivity index (χ0) is 20.4. The third-order valence-electron chi connectivity index (χ3n) is 4.23. The first-order chi connectivity index (χ1) is 14.0. The summed E-state index contributed by atoms with van der Waals surface area (Å²) in [6.45, 7) is -0.252. The number of hydrogen-bond donors (Lipinski definition) is 2. The Labute approximate surface area is 163 Å². The van der Waals surface area contributed by atoms with Crippen LogP contribution in [0.15, 0.2) is 59.4 Å². The fourth-order valence-electron chi connectivity index (χ4n) is 2.93. The lowest BCUT2D eigenvalue weighted by Gasteiger charge is -2.26. The molecule has 2 N–H and O–H groups in total. The van der Waals surface area contributed by atoms with E-state index in [1.54, 1.807) is 22.4 Å². The van der Waals surface area contributed by atoms with Crippen molar-refractivity contribution in [2.75, 3.05) is 5.43 Å². The molecule has 2 aromatic rings. The van der Waals surface area contributed by atoms with Gasteiger partial charge in [-0.1, -0.05) is 0 Å². The lowest BCUT2D eigenvalue weighted by Crippen LogP contribution is -2.32. The van der Waals surface area contributed by atoms with E-state index in [-0.39, 0.29) is 6.54 Å². The second kappa shape index (κ2) is 7.59. The predicted molar refractivity (Wildman–Crippen MR) is 98.1 cm³/mol. The molecular weight excluding hydrogens is 385 g/mol. The van der Waals surface area contributed by atoms with E-state index in [4.69, 9.17) is 0 Å². The maximum absolute atomic E-state index is 13.6. The SMILES string of the molecule is N#Cc1ccc(F)cc1CN1NC=C2N=CN(Nc3cnn(CC(F)F)c3)C=C21. The molecule has 148 valence electrons. The molecule has 0 fully saturated rings. The molecule has 0 saturated carbocycles. The molecule has 8 nitrogen and oxygen atoms in total. The second-order valence-corrected chi connectivity index (χ2v) is 6.28. The van der Waals surface area contributed by atoms with E-state index in [0.717, 1.165) is 4.68 Å². The van der Waals surface area contributed by atoms with Crippen LogP contribution in [0.4, 0.5) is 18.9 Å². The van der Waals surface area contributed by atoms with Gasteiger partial charge < -0.3 is 5.43 Å². The van der Waals surface area contributed by atoms with E-state index in [2.05, 4.69) is 27.0 Å². The van der Waals surface area contributed by atoms with Crippen LogP contribution in [0.5, 0.6) is 0 Å². The zero-order valence-electron chi connectivity index (χ0n) is 14.9. The van der Waals surface area contributed by atoms with Gasteiger partial charge in [-0.25, -0.2) is 23.2 Å². The number of hydrazine groups is 2. The Morgan fingerprint density at radius 2 is 2.17 bits per heavy atom. The average Bonchev–Trinajstić information content (AvgIpc) is 3.28. The summed E-state index contributed by atoms with van der Waals surface area (Å²) < 4.78 is 39.6. The summed E-state index contributed by atoms with van der Waals surface area (Å²) in [4.78, 5) is 4.32. The number of hydrogen-bond acceptors (Lipinski definition) is 7. The number of alkyl halides is 2. The van der Waals surface area contributed by atoms with E-state index in [9.17, 15) is 18.4 Å². The molecule has 0 bridgehead atoms. The topological polar surface area (TPSA) is 84.5 Å². The number of benzene rings is 1. The number of halogens is 3. The van der Waals surface area contributed by atoms with Gasteiger partial charge in [-0.15, -0.1) is 0 Å². The monoisotopic (exact) mass is 400 g/mol. The fourth-order valence-corrected chi connectivity index (χ4v) is 2.93. The third-order valence-corrected chi connectivity index (χ3v) is 4.23. The van der Waals surface area contributed by atoms with E-state index in [1.165, 1.54) is 36.9 Å². The first-order valence-corrected chi connectivity index (χ1v) is 8.56. The predicted octanol–water partition coefficient (Wildman–Crippen LogP) is 2.53. The van der Waals surface area contributed by atoms with Crippen LogP contribution in [0.1, 0.15) is 11.1 Å². The van der Waals surface area contributed by atoms with Gasteiger partial charge in [0.2, 0.25) is 0 Å². The summed E-state index contributed by atoms with van der Waals surface area (Å²) >= 11 is 0. The van der Waals surface area contributed by atoms with Crippen molar-refractivity contribution in [1.29, 1.82) is 5.26 Å². The number of nitrogens with zero attached hydrogens (tertiary/aromatic N) is 6. The lowest BCUT2D eigenvalue weighted by molar-refractivity contribution is 0.122. The van der Waals surface area contributed by atoms with Crippen molar-refractivity contribution in [2.24, 2.45) is 4.99 Å². The number of anilines is 1. The minimum absolute atomic E-state index is 0.238. The number of aliphatic imine (C=N–C) groups is 1. The molecule has 11 heteroatoms. The number of rotatable bonds is 6. The molecule has 0 spiro atoms.